The van der Waals surface area contributed by atoms with E-state index in [1.807, 2.05) is 4.90 Å². The molecule has 0 aliphatic carbocycles. The lowest BCUT2D eigenvalue weighted by molar-refractivity contribution is -0.131. The van der Waals surface area contributed by atoms with E-state index in [4.69, 9.17) is 0 Å². The average molecular weight is 288 g/mol. The van der Waals surface area contributed by atoms with Gasteiger partial charge in [0.1, 0.15) is 12.9 Å². The molecule has 9 nitrogen and oxygen atoms in total. The van der Waals surface area contributed by atoms with Crippen LogP contribution in [0.15, 0.2) is 24.8 Å². The number of carbonyl (C=O) groups is 1. The van der Waals surface area contributed by atoms with Crippen LogP contribution in [0.5, 0.6) is 0 Å². The van der Waals surface area contributed by atoms with Crippen molar-refractivity contribution in [3.8, 4) is 0 Å². The minimum Gasteiger partial charge on any atom is -0.339 e. The summed E-state index contributed by atoms with van der Waals surface area (Å²) in [7, 11) is 0. The molecule has 0 N–H and O–H groups in total. The Bertz CT molecular complexity index is 572. The second kappa shape index (κ2) is 6.25. The SMILES string of the molecule is O=C(Cn1cnnn1)N1CCCN(c2ncccn2)CC1. The van der Waals surface area contributed by atoms with E-state index >= 15 is 0 Å². The molecule has 1 saturated heterocycles. The van der Waals surface area contributed by atoms with Gasteiger partial charge in [0.25, 0.3) is 0 Å². The fourth-order valence-corrected chi connectivity index (χ4v) is 2.31. The number of rotatable bonds is 3. The number of anilines is 1. The van der Waals surface area contributed by atoms with E-state index in [2.05, 4.69) is 30.4 Å². The van der Waals surface area contributed by atoms with E-state index in [-0.39, 0.29) is 12.5 Å². The lowest BCUT2D eigenvalue weighted by Crippen LogP contribution is -2.37. The second-order valence-corrected chi connectivity index (χ2v) is 4.78. The molecule has 0 atom stereocenters. The zero-order valence-electron chi connectivity index (χ0n) is 11.5. The molecule has 1 aliphatic rings. The van der Waals surface area contributed by atoms with Crippen molar-refractivity contribution in [3.05, 3.63) is 24.8 Å². The van der Waals surface area contributed by atoms with Crippen LogP contribution < -0.4 is 4.90 Å². The Morgan fingerprint density at radius 2 is 2.00 bits per heavy atom. The van der Waals surface area contributed by atoms with Gasteiger partial charge in [0.15, 0.2) is 0 Å². The molecule has 0 spiro atoms. The maximum absolute atomic E-state index is 12.2. The van der Waals surface area contributed by atoms with Crippen LogP contribution in [0.2, 0.25) is 0 Å². The summed E-state index contributed by atoms with van der Waals surface area (Å²) in [4.78, 5) is 24.7. The molecule has 0 bridgehead atoms. The van der Waals surface area contributed by atoms with Crippen molar-refractivity contribution in [2.24, 2.45) is 0 Å². The van der Waals surface area contributed by atoms with E-state index in [1.165, 1.54) is 11.0 Å². The molecule has 0 unspecified atom stereocenters. The molecular formula is C12H16N8O. The van der Waals surface area contributed by atoms with Crippen molar-refractivity contribution >= 4 is 11.9 Å². The Labute approximate surface area is 121 Å². The van der Waals surface area contributed by atoms with Gasteiger partial charge in [-0.3, -0.25) is 4.79 Å². The monoisotopic (exact) mass is 288 g/mol. The highest BCUT2D eigenvalue weighted by Crippen LogP contribution is 2.10. The van der Waals surface area contributed by atoms with Crippen molar-refractivity contribution < 1.29 is 4.79 Å². The van der Waals surface area contributed by atoms with Gasteiger partial charge in [-0.2, -0.15) is 0 Å². The van der Waals surface area contributed by atoms with Crippen molar-refractivity contribution in [2.45, 2.75) is 13.0 Å². The Morgan fingerprint density at radius 1 is 1.14 bits per heavy atom. The Kier molecular flexibility index (Phi) is 3.99. The van der Waals surface area contributed by atoms with E-state index < -0.39 is 0 Å². The molecule has 2 aromatic heterocycles. The van der Waals surface area contributed by atoms with Gasteiger partial charge in [-0.05, 0) is 22.9 Å². The average Bonchev–Trinajstić information content (AvgIpc) is 2.89. The third-order valence-electron chi connectivity index (χ3n) is 3.37. The maximum Gasteiger partial charge on any atom is 0.244 e. The summed E-state index contributed by atoms with van der Waals surface area (Å²) in [6, 6.07) is 1.79. The molecule has 0 aromatic carbocycles. The quantitative estimate of drug-likeness (QED) is 0.730. The molecule has 21 heavy (non-hydrogen) atoms. The first kappa shape index (κ1) is 13.4. The molecule has 3 heterocycles. The van der Waals surface area contributed by atoms with Gasteiger partial charge < -0.3 is 9.80 Å². The largest absolute Gasteiger partial charge is 0.339 e. The minimum absolute atomic E-state index is 0.0260. The summed E-state index contributed by atoms with van der Waals surface area (Å²) in [6.45, 7) is 3.13. The van der Waals surface area contributed by atoms with Crippen LogP contribution in [0.4, 0.5) is 5.95 Å². The summed E-state index contributed by atoms with van der Waals surface area (Å²) in [6.07, 6.45) is 5.79. The van der Waals surface area contributed by atoms with Crippen molar-refractivity contribution in [2.75, 3.05) is 31.1 Å². The number of tetrazole rings is 1. The molecule has 9 heteroatoms. The van der Waals surface area contributed by atoms with Crippen molar-refractivity contribution in [3.63, 3.8) is 0 Å². The lowest BCUT2D eigenvalue weighted by atomic mass is 10.4. The van der Waals surface area contributed by atoms with Gasteiger partial charge in [0, 0.05) is 38.6 Å². The van der Waals surface area contributed by atoms with Crippen LogP contribution in [0.1, 0.15) is 6.42 Å². The number of hydrogen-bond donors (Lipinski definition) is 0. The smallest absolute Gasteiger partial charge is 0.244 e. The second-order valence-electron chi connectivity index (χ2n) is 4.78. The molecule has 0 saturated carbocycles. The Hall–Kier alpha value is -2.58. The predicted molar refractivity (Wildman–Crippen MR) is 73.3 cm³/mol. The van der Waals surface area contributed by atoms with E-state index in [0.29, 0.717) is 12.5 Å². The van der Waals surface area contributed by atoms with E-state index in [9.17, 15) is 4.79 Å². The van der Waals surface area contributed by atoms with Gasteiger partial charge in [-0.1, -0.05) is 0 Å². The summed E-state index contributed by atoms with van der Waals surface area (Å²) >= 11 is 0. The van der Waals surface area contributed by atoms with Crippen molar-refractivity contribution in [1.29, 1.82) is 0 Å². The fourth-order valence-electron chi connectivity index (χ4n) is 2.31. The number of carbonyl (C=O) groups excluding carboxylic acids is 1. The third kappa shape index (κ3) is 3.30. The molecule has 1 fully saturated rings. The van der Waals surface area contributed by atoms with Gasteiger partial charge in [-0.25, -0.2) is 14.6 Å². The predicted octanol–water partition coefficient (Wildman–Crippen LogP) is -0.798. The number of nitrogens with zero attached hydrogens (tertiary/aromatic N) is 8. The maximum atomic E-state index is 12.2. The zero-order chi connectivity index (χ0) is 14.5. The van der Waals surface area contributed by atoms with Crippen LogP contribution in [0.3, 0.4) is 0 Å². The topological polar surface area (TPSA) is 92.9 Å². The Balaban J connectivity index is 1.59. The van der Waals surface area contributed by atoms with Crippen LogP contribution in [0.25, 0.3) is 0 Å². The van der Waals surface area contributed by atoms with Crippen molar-refractivity contribution in [1.82, 2.24) is 35.1 Å². The van der Waals surface area contributed by atoms with Crippen LogP contribution in [-0.4, -0.2) is 67.2 Å². The summed E-state index contributed by atoms with van der Waals surface area (Å²) in [5.74, 6) is 0.741. The van der Waals surface area contributed by atoms with Gasteiger partial charge >= 0.3 is 0 Å². The minimum atomic E-state index is 0.0260. The first-order valence-corrected chi connectivity index (χ1v) is 6.83. The fraction of sp³-hybridized carbons (Fsp3) is 0.500. The lowest BCUT2D eigenvalue weighted by Gasteiger charge is -2.21. The molecular weight excluding hydrogens is 272 g/mol. The number of aromatic nitrogens is 6. The number of amides is 1. The normalized spacial score (nSPS) is 15.8. The molecule has 3 rings (SSSR count). The van der Waals surface area contributed by atoms with Crippen LogP contribution in [0, 0.1) is 0 Å². The first-order chi connectivity index (χ1) is 10.3. The molecule has 110 valence electrons. The summed E-state index contributed by atoms with van der Waals surface area (Å²) < 4.78 is 1.44. The van der Waals surface area contributed by atoms with E-state index in [0.717, 1.165) is 26.1 Å². The van der Waals surface area contributed by atoms with Gasteiger partial charge in [-0.15, -0.1) is 5.10 Å². The summed E-state index contributed by atoms with van der Waals surface area (Å²) in [5, 5.41) is 10.8. The summed E-state index contributed by atoms with van der Waals surface area (Å²) in [5.41, 5.74) is 0. The highest BCUT2D eigenvalue weighted by atomic mass is 16.2. The Morgan fingerprint density at radius 3 is 2.76 bits per heavy atom. The highest BCUT2D eigenvalue weighted by Gasteiger charge is 2.20. The zero-order valence-corrected chi connectivity index (χ0v) is 11.5. The van der Waals surface area contributed by atoms with Crippen LogP contribution >= 0.6 is 0 Å². The standard InChI is InChI=1S/C12H16N8O/c21-11(9-20-10-15-16-17-20)18-5-2-6-19(8-7-18)12-13-3-1-4-14-12/h1,3-4,10H,2,5-9H2. The van der Waals surface area contributed by atoms with Crippen LogP contribution in [-0.2, 0) is 11.3 Å². The van der Waals surface area contributed by atoms with E-state index in [1.54, 1.807) is 18.5 Å². The molecule has 1 amide bonds. The van der Waals surface area contributed by atoms with Gasteiger partial charge in [0.2, 0.25) is 11.9 Å². The van der Waals surface area contributed by atoms with Gasteiger partial charge in [0.05, 0.1) is 0 Å². The molecule has 1 aliphatic heterocycles. The number of hydrogen-bond acceptors (Lipinski definition) is 7. The third-order valence-corrected chi connectivity index (χ3v) is 3.37. The first-order valence-electron chi connectivity index (χ1n) is 6.83. The molecule has 2 aromatic rings. The highest BCUT2D eigenvalue weighted by molar-refractivity contribution is 5.76. The molecule has 0 radical (unpaired) electrons.